The van der Waals surface area contributed by atoms with Gasteiger partial charge in [-0.3, -0.25) is 0 Å². The van der Waals surface area contributed by atoms with Crippen molar-refractivity contribution in [1.82, 2.24) is 15.2 Å². The van der Waals surface area contributed by atoms with Gasteiger partial charge in [0.1, 0.15) is 5.01 Å². The van der Waals surface area contributed by atoms with Crippen molar-refractivity contribution < 1.29 is 0 Å². The SMILES string of the molecule is Cc1nnc(Sc2nc3ccc(N)cc3s2)s1. The highest BCUT2D eigenvalue weighted by Crippen LogP contribution is 2.35. The summed E-state index contributed by atoms with van der Waals surface area (Å²) >= 11 is 4.76. The second-order valence-corrected chi connectivity index (χ2v) is 7.10. The summed E-state index contributed by atoms with van der Waals surface area (Å²) in [6.45, 7) is 1.95. The third kappa shape index (κ3) is 2.26. The van der Waals surface area contributed by atoms with Crippen molar-refractivity contribution in [2.45, 2.75) is 15.6 Å². The first-order valence-electron chi connectivity index (χ1n) is 4.85. The van der Waals surface area contributed by atoms with Gasteiger partial charge in [0.15, 0.2) is 8.68 Å². The minimum atomic E-state index is 0.768. The molecule has 0 bridgehead atoms. The lowest BCUT2D eigenvalue weighted by Crippen LogP contribution is -1.81. The molecule has 0 radical (unpaired) electrons. The molecule has 0 aliphatic heterocycles. The Balaban J connectivity index is 1.95. The Morgan fingerprint density at radius 2 is 2.06 bits per heavy atom. The van der Waals surface area contributed by atoms with E-state index < -0.39 is 0 Å². The number of thiazole rings is 1. The van der Waals surface area contributed by atoms with Crippen LogP contribution in [0.3, 0.4) is 0 Å². The molecule has 2 N–H and O–H groups in total. The Morgan fingerprint density at radius 1 is 1.18 bits per heavy atom. The summed E-state index contributed by atoms with van der Waals surface area (Å²) in [5.41, 5.74) is 7.49. The Labute approximate surface area is 110 Å². The molecule has 0 unspecified atom stereocenters. The average Bonchev–Trinajstić information content (AvgIpc) is 2.84. The number of anilines is 1. The van der Waals surface area contributed by atoms with E-state index in [0.717, 1.165) is 29.6 Å². The first-order valence-corrected chi connectivity index (χ1v) is 7.30. The number of nitrogens with zero attached hydrogens (tertiary/aromatic N) is 3. The quantitative estimate of drug-likeness (QED) is 0.730. The Hall–Kier alpha value is -1.18. The highest BCUT2D eigenvalue weighted by molar-refractivity contribution is 8.02. The van der Waals surface area contributed by atoms with Crippen molar-refractivity contribution in [3.8, 4) is 0 Å². The third-order valence-electron chi connectivity index (χ3n) is 2.07. The normalized spacial score (nSPS) is 11.1. The molecule has 0 atom stereocenters. The van der Waals surface area contributed by atoms with Crippen molar-refractivity contribution in [3.63, 3.8) is 0 Å². The van der Waals surface area contributed by atoms with E-state index in [2.05, 4.69) is 15.2 Å². The predicted octanol–water partition coefficient (Wildman–Crippen LogP) is 3.19. The zero-order valence-corrected chi connectivity index (χ0v) is 11.3. The lowest BCUT2D eigenvalue weighted by atomic mass is 10.3. The zero-order valence-electron chi connectivity index (χ0n) is 8.88. The van der Waals surface area contributed by atoms with E-state index in [-0.39, 0.29) is 0 Å². The van der Waals surface area contributed by atoms with E-state index in [1.807, 2.05) is 25.1 Å². The summed E-state index contributed by atoms with van der Waals surface area (Å²) in [4.78, 5) is 4.52. The van der Waals surface area contributed by atoms with E-state index in [1.54, 1.807) is 34.4 Å². The van der Waals surface area contributed by atoms with E-state index in [9.17, 15) is 0 Å². The number of fused-ring (bicyclic) bond motifs is 1. The molecule has 2 heterocycles. The molecule has 3 rings (SSSR count). The van der Waals surface area contributed by atoms with Crippen molar-refractivity contribution >= 4 is 50.3 Å². The molecule has 86 valence electrons. The van der Waals surface area contributed by atoms with Crippen molar-refractivity contribution in [2.75, 3.05) is 5.73 Å². The number of hydrogen-bond donors (Lipinski definition) is 1. The first kappa shape index (κ1) is 10.9. The number of nitrogens with two attached hydrogens (primary N) is 1. The highest BCUT2D eigenvalue weighted by atomic mass is 32.2. The molecule has 0 aliphatic carbocycles. The molecule has 4 nitrogen and oxygen atoms in total. The largest absolute Gasteiger partial charge is 0.399 e. The molecule has 7 heteroatoms. The Kier molecular flexibility index (Phi) is 2.73. The third-order valence-corrected chi connectivity index (χ3v) is 5.04. The van der Waals surface area contributed by atoms with E-state index in [4.69, 9.17) is 5.73 Å². The summed E-state index contributed by atoms with van der Waals surface area (Å²) in [7, 11) is 0. The van der Waals surface area contributed by atoms with E-state index >= 15 is 0 Å². The predicted molar refractivity (Wildman–Crippen MR) is 72.8 cm³/mol. The molecule has 0 spiro atoms. The molecule has 2 aromatic heterocycles. The Morgan fingerprint density at radius 3 is 2.82 bits per heavy atom. The number of aromatic nitrogens is 3. The van der Waals surface area contributed by atoms with Crippen molar-refractivity contribution in [3.05, 3.63) is 23.2 Å². The second kappa shape index (κ2) is 4.25. The summed E-state index contributed by atoms with van der Waals surface area (Å²) in [5, 5.41) is 9.03. The lowest BCUT2D eigenvalue weighted by molar-refractivity contribution is 0.983. The van der Waals surface area contributed by atoms with Gasteiger partial charge in [-0.15, -0.1) is 21.5 Å². The topological polar surface area (TPSA) is 64.7 Å². The second-order valence-electron chi connectivity index (χ2n) is 3.40. The summed E-state index contributed by atoms with van der Waals surface area (Å²) in [5.74, 6) is 0. The molecule has 17 heavy (non-hydrogen) atoms. The smallest absolute Gasteiger partial charge is 0.181 e. The Bertz CT molecular complexity index is 673. The lowest BCUT2D eigenvalue weighted by Gasteiger charge is -1.88. The van der Waals surface area contributed by atoms with Crippen LogP contribution in [0.2, 0.25) is 0 Å². The van der Waals surface area contributed by atoms with Crippen LogP contribution >= 0.6 is 34.4 Å². The number of benzene rings is 1. The van der Waals surface area contributed by atoms with Crippen LogP contribution in [0.1, 0.15) is 5.01 Å². The molecule has 0 fully saturated rings. The number of aryl methyl sites for hydroxylation is 1. The molecular formula is C10H8N4S3. The van der Waals surface area contributed by atoms with Crippen LogP contribution in [-0.2, 0) is 0 Å². The molecule has 0 amide bonds. The highest BCUT2D eigenvalue weighted by Gasteiger charge is 2.08. The fourth-order valence-electron chi connectivity index (χ4n) is 1.36. The van der Waals surface area contributed by atoms with Gasteiger partial charge in [-0.25, -0.2) is 4.98 Å². The fraction of sp³-hybridized carbons (Fsp3) is 0.100. The maximum atomic E-state index is 5.74. The van der Waals surface area contributed by atoms with Crippen LogP contribution in [0.25, 0.3) is 10.2 Å². The molecule has 0 saturated heterocycles. The molecule has 1 aromatic carbocycles. The van der Waals surface area contributed by atoms with Crippen molar-refractivity contribution in [2.24, 2.45) is 0 Å². The number of rotatable bonds is 2. The average molecular weight is 280 g/mol. The maximum absolute atomic E-state index is 5.74. The van der Waals surface area contributed by atoms with Gasteiger partial charge in [-0.05, 0) is 36.9 Å². The number of hydrogen-bond acceptors (Lipinski definition) is 7. The maximum Gasteiger partial charge on any atom is 0.181 e. The van der Waals surface area contributed by atoms with E-state index in [0.29, 0.717) is 0 Å². The van der Waals surface area contributed by atoms with Gasteiger partial charge in [0.05, 0.1) is 10.2 Å². The number of nitrogen functional groups attached to an aromatic ring is 1. The van der Waals surface area contributed by atoms with Crippen LogP contribution < -0.4 is 5.73 Å². The first-order chi connectivity index (χ1) is 8.20. The fourth-order valence-corrected chi connectivity index (χ4v) is 4.49. The standard InChI is InChI=1S/C10H8N4S3/c1-5-13-14-10(15-5)17-9-12-7-3-2-6(11)4-8(7)16-9/h2-4H,11H2,1H3. The van der Waals surface area contributed by atoms with Gasteiger partial charge in [0, 0.05) is 5.69 Å². The summed E-state index contributed by atoms with van der Waals surface area (Å²) in [6, 6.07) is 5.75. The molecule has 0 aliphatic rings. The molecular weight excluding hydrogens is 272 g/mol. The zero-order chi connectivity index (χ0) is 11.8. The van der Waals surface area contributed by atoms with Gasteiger partial charge in [-0.2, -0.15) is 0 Å². The minimum absolute atomic E-state index is 0.768. The van der Waals surface area contributed by atoms with Crippen LogP contribution in [0, 0.1) is 6.92 Å². The van der Waals surface area contributed by atoms with Crippen LogP contribution in [0.4, 0.5) is 5.69 Å². The van der Waals surface area contributed by atoms with Gasteiger partial charge in [0.2, 0.25) is 0 Å². The van der Waals surface area contributed by atoms with Gasteiger partial charge < -0.3 is 5.73 Å². The van der Waals surface area contributed by atoms with Gasteiger partial charge in [0.25, 0.3) is 0 Å². The van der Waals surface area contributed by atoms with E-state index in [1.165, 1.54) is 0 Å². The molecule has 0 saturated carbocycles. The van der Waals surface area contributed by atoms with Crippen LogP contribution in [0.5, 0.6) is 0 Å². The summed E-state index contributed by atoms with van der Waals surface area (Å²) < 4.78 is 3.00. The summed E-state index contributed by atoms with van der Waals surface area (Å²) in [6.07, 6.45) is 0. The van der Waals surface area contributed by atoms with Gasteiger partial charge in [-0.1, -0.05) is 11.3 Å². The molecule has 3 aromatic rings. The van der Waals surface area contributed by atoms with Gasteiger partial charge >= 0.3 is 0 Å². The van der Waals surface area contributed by atoms with Crippen LogP contribution in [0.15, 0.2) is 26.9 Å². The monoisotopic (exact) mass is 280 g/mol. The van der Waals surface area contributed by atoms with Crippen molar-refractivity contribution in [1.29, 1.82) is 0 Å². The van der Waals surface area contributed by atoms with Crippen LogP contribution in [-0.4, -0.2) is 15.2 Å². The minimum Gasteiger partial charge on any atom is -0.399 e.